The van der Waals surface area contributed by atoms with Crippen LogP contribution >= 0.6 is 0 Å². The summed E-state index contributed by atoms with van der Waals surface area (Å²) in [5.74, 6) is 0.796. The highest BCUT2D eigenvalue weighted by Gasteiger charge is 2.16. The first-order valence-corrected chi connectivity index (χ1v) is 7.05. The van der Waals surface area contributed by atoms with Crippen molar-refractivity contribution in [2.45, 2.75) is 59.0 Å². The molecule has 2 heteroatoms. The smallest absolute Gasteiger partial charge is 0.101 e. The number of rotatable bonds is 6. The van der Waals surface area contributed by atoms with Crippen LogP contribution in [0.5, 0.6) is 0 Å². The zero-order valence-electron chi connectivity index (χ0n) is 12.8. The van der Waals surface area contributed by atoms with E-state index in [4.69, 9.17) is 0 Å². The van der Waals surface area contributed by atoms with E-state index in [2.05, 4.69) is 51.7 Å². The van der Waals surface area contributed by atoms with Crippen molar-refractivity contribution in [1.82, 2.24) is 0 Å². The highest BCUT2D eigenvalue weighted by atomic mass is 19.1. The van der Waals surface area contributed by atoms with Crippen LogP contribution in [0, 0.1) is 0 Å². The van der Waals surface area contributed by atoms with E-state index in [9.17, 15) is 4.39 Å². The molecule has 0 fully saturated rings. The summed E-state index contributed by atoms with van der Waals surface area (Å²) in [6.45, 7) is 14.0. The van der Waals surface area contributed by atoms with Crippen molar-refractivity contribution in [2.24, 2.45) is 0 Å². The number of hydrogen-bond donors (Lipinski definition) is 1. The molecule has 1 atom stereocenters. The maximum Gasteiger partial charge on any atom is 0.101 e. The zero-order chi connectivity index (χ0) is 14.6. The first-order valence-electron chi connectivity index (χ1n) is 7.05. The molecule has 0 radical (unpaired) electrons. The van der Waals surface area contributed by atoms with E-state index in [1.807, 2.05) is 0 Å². The Morgan fingerprint density at radius 1 is 1.11 bits per heavy atom. The molecule has 0 aliphatic heterocycles. The van der Waals surface area contributed by atoms with Crippen LogP contribution in [0.4, 0.5) is 10.1 Å². The molecular formula is C17H26FN. The fourth-order valence-electron chi connectivity index (χ4n) is 2.37. The topological polar surface area (TPSA) is 12.0 Å². The Labute approximate surface area is 116 Å². The summed E-state index contributed by atoms with van der Waals surface area (Å²) in [6.07, 6.45) is 1.39. The Morgan fingerprint density at radius 2 is 1.58 bits per heavy atom. The second kappa shape index (κ2) is 6.74. The summed E-state index contributed by atoms with van der Waals surface area (Å²) >= 11 is 0. The van der Waals surface area contributed by atoms with E-state index < -0.39 is 6.17 Å². The predicted molar refractivity (Wildman–Crippen MR) is 82.7 cm³/mol. The second-order valence-corrected chi connectivity index (χ2v) is 5.79. The van der Waals surface area contributed by atoms with Crippen LogP contribution in [0.1, 0.15) is 63.1 Å². The Balaban J connectivity index is 3.38. The minimum absolute atomic E-state index is 0.398. The normalized spacial score (nSPS) is 12.8. The van der Waals surface area contributed by atoms with Gasteiger partial charge in [0.05, 0.1) is 0 Å². The van der Waals surface area contributed by atoms with Gasteiger partial charge in [-0.15, -0.1) is 0 Å². The quantitative estimate of drug-likeness (QED) is 0.725. The lowest BCUT2D eigenvalue weighted by Gasteiger charge is -2.21. The van der Waals surface area contributed by atoms with E-state index >= 15 is 0 Å². The summed E-state index contributed by atoms with van der Waals surface area (Å²) in [4.78, 5) is 0. The molecule has 1 nitrogen and oxygen atoms in total. The van der Waals surface area contributed by atoms with E-state index in [0.717, 1.165) is 11.3 Å². The van der Waals surface area contributed by atoms with Crippen molar-refractivity contribution >= 4 is 5.69 Å². The SMILES string of the molecule is C=CNc1c(C(C)C)cc(CC(C)F)cc1C(C)C. The molecule has 1 rings (SSSR count). The monoisotopic (exact) mass is 263 g/mol. The number of hydrogen-bond acceptors (Lipinski definition) is 1. The molecule has 0 spiro atoms. The molecule has 0 aliphatic rings. The zero-order valence-corrected chi connectivity index (χ0v) is 12.8. The maximum absolute atomic E-state index is 13.3. The largest absolute Gasteiger partial charge is 0.362 e. The fourth-order valence-corrected chi connectivity index (χ4v) is 2.37. The molecule has 1 N–H and O–H groups in total. The molecular weight excluding hydrogens is 237 g/mol. The average Bonchev–Trinajstić information content (AvgIpc) is 2.29. The van der Waals surface area contributed by atoms with Gasteiger partial charge in [-0.25, -0.2) is 4.39 Å². The van der Waals surface area contributed by atoms with Gasteiger partial charge in [0.15, 0.2) is 0 Å². The molecule has 0 heterocycles. The third-order valence-corrected chi connectivity index (χ3v) is 3.27. The summed E-state index contributed by atoms with van der Waals surface area (Å²) in [5, 5.41) is 3.26. The van der Waals surface area contributed by atoms with Crippen molar-refractivity contribution in [1.29, 1.82) is 0 Å². The molecule has 0 amide bonds. The molecule has 1 aromatic carbocycles. The number of halogens is 1. The van der Waals surface area contributed by atoms with Crippen molar-refractivity contribution in [3.63, 3.8) is 0 Å². The lowest BCUT2D eigenvalue weighted by atomic mass is 9.89. The van der Waals surface area contributed by atoms with E-state index in [1.165, 1.54) is 11.1 Å². The summed E-state index contributed by atoms with van der Waals surface area (Å²) < 4.78 is 13.3. The van der Waals surface area contributed by atoms with E-state index in [1.54, 1.807) is 13.1 Å². The van der Waals surface area contributed by atoms with Crippen molar-refractivity contribution < 1.29 is 4.39 Å². The third-order valence-electron chi connectivity index (χ3n) is 3.27. The van der Waals surface area contributed by atoms with Gasteiger partial charge in [0.1, 0.15) is 6.17 Å². The molecule has 0 aliphatic carbocycles. The van der Waals surface area contributed by atoms with Crippen molar-refractivity contribution in [3.05, 3.63) is 41.6 Å². The van der Waals surface area contributed by atoms with Crippen LogP contribution in [0.3, 0.4) is 0 Å². The first-order chi connectivity index (χ1) is 8.86. The van der Waals surface area contributed by atoms with Gasteiger partial charge >= 0.3 is 0 Å². The van der Waals surface area contributed by atoms with Gasteiger partial charge in [-0.05, 0) is 41.6 Å². The Kier molecular flexibility index (Phi) is 5.59. The molecule has 0 saturated carbocycles. The predicted octanol–water partition coefficient (Wildman–Crippen LogP) is 5.39. The number of nitrogens with one attached hydrogen (secondary N) is 1. The summed E-state index contributed by atoms with van der Waals surface area (Å²) in [6, 6.07) is 4.25. The van der Waals surface area contributed by atoms with Gasteiger partial charge in [-0.2, -0.15) is 0 Å². The second-order valence-electron chi connectivity index (χ2n) is 5.79. The van der Waals surface area contributed by atoms with Crippen LogP contribution in [0.15, 0.2) is 24.9 Å². The third kappa shape index (κ3) is 4.09. The van der Waals surface area contributed by atoms with Crippen LogP contribution in [-0.2, 0) is 6.42 Å². The fraction of sp³-hybridized carbons (Fsp3) is 0.529. The molecule has 1 unspecified atom stereocenters. The molecule has 19 heavy (non-hydrogen) atoms. The van der Waals surface area contributed by atoms with E-state index in [-0.39, 0.29) is 0 Å². The lowest BCUT2D eigenvalue weighted by Crippen LogP contribution is -2.07. The standard InChI is InChI=1S/C17H26FN/c1-7-19-17-15(11(2)3)9-14(8-13(6)18)10-16(17)12(4)5/h7,9-13,19H,1,8H2,2-6H3. The minimum atomic E-state index is -0.807. The first kappa shape index (κ1) is 15.7. The number of alkyl halides is 1. The molecule has 0 aromatic heterocycles. The number of benzene rings is 1. The highest BCUT2D eigenvalue weighted by molar-refractivity contribution is 5.62. The van der Waals surface area contributed by atoms with Gasteiger partial charge in [0, 0.05) is 12.1 Å². The molecule has 0 bridgehead atoms. The molecule has 0 saturated heterocycles. The average molecular weight is 263 g/mol. The van der Waals surface area contributed by atoms with Crippen molar-refractivity contribution in [3.8, 4) is 0 Å². The Morgan fingerprint density at radius 3 is 1.89 bits per heavy atom. The minimum Gasteiger partial charge on any atom is -0.362 e. The van der Waals surface area contributed by atoms with Gasteiger partial charge < -0.3 is 5.32 Å². The highest BCUT2D eigenvalue weighted by Crippen LogP contribution is 2.34. The maximum atomic E-state index is 13.3. The lowest BCUT2D eigenvalue weighted by molar-refractivity contribution is 0.360. The Hall–Kier alpha value is -1.31. The van der Waals surface area contributed by atoms with Gasteiger partial charge in [-0.1, -0.05) is 46.4 Å². The molecule has 106 valence electrons. The van der Waals surface area contributed by atoms with Crippen LogP contribution in [0.25, 0.3) is 0 Å². The van der Waals surface area contributed by atoms with Crippen LogP contribution in [0.2, 0.25) is 0 Å². The van der Waals surface area contributed by atoms with E-state index in [0.29, 0.717) is 18.3 Å². The molecule has 1 aromatic rings. The summed E-state index contributed by atoms with van der Waals surface area (Å²) in [5.41, 5.74) is 4.69. The van der Waals surface area contributed by atoms with Crippen molar-refractivity contribution in [2.75, 3.05) is 5.32 Å². The summed E-state index contributed by atoms with van der Waals surface area (Å²) in [7, 11) is 0. The van der Waals surface area contributed by atoms with Gasteiger partial charge in [-0.3, -0.25) is 0 Å². The Bertz CT molecular complexity index is 404. The number of anilines is 1. The van der Waals surface area contributed by atoms with Gasteiger partial charge in [0.2, 0.25) is 0 Å². The van der Waals surface area contributed by atoms with Gasteiger partial charge in [0.25, 0.3) is 0 Å². The van der Waals surface area contributed by atoms with Crippen LogP contribution in [-0.4, -0.2) is 6.17 Å². The van der Waals surface area contributed by atoms with Crippen LogP contribution < -0.4 is 5.32 Å².